The van der Waals surface area contributed by atoms with Crippen LogP contribution in [0.15, 0.2) is 36.4 Å². The van der Waals surface area contributed by atoms with Crippen molar-refractivity contribution in [3.63, 3.8) is 0 Å². The van der Waals surface area contributed by atoms with Crippen LogP contribution in [-0.2, 0) is 12.0 Å². The maximum atomic E-state index is 9.45. The molecule has 1 heterocycles. The van der Waals surface area contributed by atoms with Gasteiger partial charge in [0.05, 0.1) is 17.7 Å². The molecule has 1 aromatic carbocycles. The second-order valence-corrected chi connectivity index (χ2v) is 5.99. The number of aliphatic hydroxyl groups is 1. The van der Waals surface area contributed by atoms with Crippen LogP contribution < -0.4 is 0 Å². The molecule has 110 valence electrons. The molecule has 1 aromatic heterocycles. The average molecular weight is 282 g/mol. The zero-order valence-corrected chi connectivity index (χ0v) is 12.5. The summed E-state index contributed by atoms with van der Waals surface area (Å²) in [4.78, 5) is 9.39. The van der Waals surface area contributed by atoms with Gasteiger partial charge in [-0.2, -0.15) is 0 Å². The number of rotatable bonds is 3. The second kappa shape index (κ2) is 5.94. The molecule has 21 heavy (non-hydrogen) atoms. The summed E-state index contributed by atoms with van der Waals surface area (Å²) in [6.45, 7) is 1.95. The minimum Gasteiger partial charge on any atom is -0.390 e. The van der Waals surface area contributed by atoms with Crippen LogP contribution >= 0.6 is 0 Å². The third kappa shape index (κ3) is 2.70. The molecule has 0 spiro atoms. The number of benzene rings is 1. The molecule has 3 nitrogen and oxygen atoms in total. The minimum absolute atomic E-state index is 0.0266. The third-order valence-corrected chi connectivity index (χ3v) is 4.53. The Morgan fingerprint density at radius 3 is 2.43 bits per heavy atom. The predicted molar refractivity (Wildman–Crippen MR) is 83.0 cm³/mol. The van der Waals surface area contributed by atoms with Crippen molar-refractivity contribution in [2.45, 2.75) is 51.0 Å². The topological polar surface area (TPSA) is 46.0 Å². The van der Waals surface area contributed by atoms with Crippen LogP contribution in [0.25, 0.3) is 0 Å². The Bertz CT molecular complexity index is 604. The number of hydrogen-bond acceptors (Lipinski definition) is 3. The Morgan fingerprint density at radius 1 is 1.05 bits per heavy atom. The van der Waals surface area contributed by atoms with Crippen LogP contribution in [0, 0.1) is 6.92 Å². The highest BCUT2D eigenvalue weighted by Crippen LogP contribution is 2.43. The normalized spacial score (nSPS) is 17.6. The molecule has 1 saturated carbocycles. The van der Waals surface area contributed by atoms with E-state index in [0.717, 1.165) is 30.1 Å². The van der Waals surface area contributed by atoms with Crippen LogP contribution in [0.3, 0.4) is 0 Å². The van der Waals surface area contributed by atoms with Crippen molar-refractivity contribution in [3.05, 3.63) is 59.2 Å². The molecule has 0 bridgehead atoms. The Balaban J connectivity index is 2.14. The molecule has 0 unspecified atom stereocenters. The average Bonchev–Trinajstić information content (AvgIpc) is 2.55. The molecule has 0 atom stereocenters. The van der Waals surface area contributed by atoms with E-state index in [4.69, 9.17) is 4.98 Å². The van der Waals surface area contributed by atoms with Crippen molar-refractivity contribution in [3.8, 4) is 0 Å². The number of aryl methyl sites for hydroxylation is 1. The second-order valence-electron chi connectivity index (χ2n) is 5.99. The molecule has 0 amide bonds. The minimum atomic E-state index is -0.0878. The number of nitrogens with zero attached hydrogens (tertiary/aromatic N) is 2. The van der Waals surface area contributed by atoms with Gasteiger partial charge in [-0.1, -0.05) is 49.6 Å². The lowest BCUT2D eigenvalue weighted by Gasteiger charge is -2.36. The quantitative estimate of drug-likeness (QED) is 0.936. The Kier molecular flexibility index (Phi) is 4.02. The maximum Gasteiger partial charge on any atom is 0.139 e. The molecule has 2 aromatic rings. The van der Waals surface area contributed by atoms with E-state index in [1.54, 1.807) is 0 Å². The van der Waals surface area contributed by atoms with Crippen molar-refractivity contribution in [2.75, 3.05) is 0 Å². The van der Waals surface area contributed by atoms with Gasteiger partial charge in [0.1, 0.15) is 5.82 Å². The molecule has 1 N–H and O–H groups in total. The van der Waals surface area contributed by atoms with E-state index in [2.05, 4.69) is 35.3 Å². The third-order valence-electron chi connectivity index (χ3n) is 4.53. The molecule has 1 fully saturated rings. The summed E-state index contributed by atoms with van der Waals surface area (Å²) in [6, 6.07) is 12.5. The first kappa shape index (κ1) is 14.2. The standard InChI is InChI=1S/C18H22N2O/c1-14-12-16(13-21)20-17(19-14)18(10-6-3-7-11-18)15-8-4-2-5-9-15/h2,4-5,8-9,12,21H,3,6-7,10-11,13H2,1H3. The molecule has 0 radical (unpaired) electrons. The number of hydrogen-bond donors (Lipinski definition) is 1. The molecule has 1 aliphatic rings. The van der Waals surface area contributed by atoms with Crippen LogP contribution in [0.2, 0.25) is 0 Å². The Morgan fingerprint density at radius 2 is 1.76 bits per heavy atom. The number of aliphatic hydroxyl groups excluding tert-OH is 1. The van der Waals surface area contributed by atoms with E-state index in [0.29, 0.717) is 0 Å². The lowest BCUT2D eigenvalue weighted by atomic mass is 9.68. The highest BCUT2D eigenvalue weighted by atomic mass is 16.3. The maximum absolute atomic E-state index is 9.45. The van der Waals surface area contributed by atoms with Crippen molar-refractivity contribution >= 4 is 0 Å². The van der Waals surface area contributed by atoms with Gasteiger partial charge in [0.2, 0.25) is 0 Å². The largest absolute Gasteiger partial charge is 0.390 e. The zero-order chi connectivity index (χ0) is 14.7. The van der Waals surface area contributed by atoms with E-state index >= 15 is 0 Å². The fourth-order valence-electron chi connectivity index (χ4n) is 3.48. The van der Waals surface area contributed by atoms with E-state index in [9.17, 15) is 5.11 Å². The van der Waals surface area contributed by atoms with E-state index in [1.165, 1.54) is 24.8 Å². The molecular formula is C18H22N2O. The van der Waals surface area contributed by atoms with Crippen LogP contribution in [-0.4, -0.2) is 15.1 Å². The molecule has 0 aliphatic heterocycles. The SMILES string of the molecule is Cc1cc(CO)nc(C2(c3ccccc3)CCCCC2)n1. The van der Waals surface area contributed by atoms with E-state index in [-0.39, 0.29) is 12.0 Å². The van der Waals surface area contributed by atoms with E-state index in [1.807, 2.05) is 13.0 Å². The lowest BCUT2D eigenvalue weighted by Crippen LogP contribution is -2.33. The Hall–Kier alpha value is -1.74. The van der Waals surface area contributed by atoms with Gasteiger partial charge in [-0.15, -0.1) is 0 Å². The number of aromatic nitrogens is 2. The molecule has 3 rings (SSSR count). The first-order valence-electron chi connectivity index (χ1n) is 7.76. The van der Waals surface area contributed by atoms with Gasteiger partial charge < -0.3 is 5.11 Å². The molecule has 3 heteroatoms. The van der Waals surface area contributed by atoms with Crippen LogP contribution in [0.4, 0.5) is 0 Å². The summed E-state index contributed by atoms with van der Waals surface area (Å²) in [5, 5.41) is 9.45. The van der Waals surface area contributed by atoms with Crippen molar-refractivity contribution in [1.82, 2.24) is 9.97 Å². The highest BCUT2D eigenvalue weighted by Gasteiger charge is 2.38. The summed E-state index contributed by atoms with van der Waals surface area (Å²) in [7, 11) is 0. The summed E-state index contributed by atoms with van der Waals surface area (Å²) >= 11 is 0. The van der Waals surface area contributed by atoms with Gasteiger partial charge in [0.25, 0.3) is 0 Å². The highest BCUT2D eigenvalue weighted by molar-refractivity contribution is 5.34. The van der Waals surface area contributed by atoms with Gasteiger partial charge in [0, 0.05) is 5.69 Å². The lowest BCUT2D eigenvalue weighted by molar-refractivity contribution is 0.272. The van der Waals surface area contributed by atoms with Gasteiger partial charge in [-0.3, -0.25) is 0 Å². The van der Waals surface area contributed by atoms with Crippen molar-refractivity contribution in [2.24, 2.45) is 0 Å². The first-order valence-corrected chi connectivity index (χ1v) is 7.76. The van der Waals surface area contributed by atoms with E-state index < -0.39 is 0 Å². The van der Waals surface area contributed by atoms with Crippen LogP contribution in [0.1, 0.15) is 54.9 Å². The monoisotopic (exact) mass is 282 g/mol. The van der Waals surface area contributed by atoms with Crippen LogP contribution in [0.5, 0.6) is 0 Å². The van der Waals surface area contributed by atoms with Gasteiger partial charge >= 0.3 is 0 Å². The van der Waals surface area contributed by atoms with Gasteiger partial charge in [-0.05, 0) is 31.4 Å². The summed E-state index contributed by atoms with van der Waals surface area (Å²) in [5.41, 5.74) is 2.87. The summed E-state index contributed by atoms with van der Waals surface area (Å²) in [5.74, 6) is 0.887. The van der Waals surface area contributed by atoms with Crippen molar-refractivity contribution in [1.29, 1.82) is 0 Å². The smallest absolute Gasteiger partial charge is 0.139 e. The molecular weight excluding hydrogens is 260 g/mol. The molecule has 0 saturated heterocycles. The predicted octanol–water partition coefficient (Wildman–Crippen LogP) is 3.53. The fraction of sp³-hybridized carbons (Fsp3) is 0.444. The fourth-order valence-corrected chi connectivity index (χ4v) is 3.48. The van der Waals surface area contributed by atoms with Gasteiger partial charge in [-0.25, -0.2) is 9.97 Å². The first-order chi connectivity index (χ1) is 10.2. The summed E-state index contributed by atoms with van der Waals surface area (Å²) in [6.07, 6.45) is 5.88. The summed E-state index contributed by atoms with van der Waals surface area (Å²) < 4.78 is 0. The molecule has 1 aliphatic carbocycles. The zero-order valence-electron chi connectivity index (χ0n) is 12.5. The van der Waals surface area contributed by atoms with Gasteiger partial charge in [0.15, 0.2) is 0 Å². The Labute approximate surface area is 126 Å². The van der Waals surface area contributed by atoms with Crippen molar-refractivity contribution < 1.29 is 5.11 Å².